The molecule has 1 N–H and O–H groups in total. The highest BCUT2D eigenvalue weighted by Crippen LogP contribution is 2.75. The molecule has 0 aromatic rings. The summed E-state index contributed by atoms with van der Waals surface area (Å²) in [6.07, 6.45) is 2.38. The lowest BCUT2D eigenvalue weighted by atomic mass is 9.33. The molecule has 4 fully saturated rings. The Hall–Kier alpha value is -1.90. The van der Waals surface area contributed by atoms with Crippen molar-refractivity contribution in [1.29, 1.82) is 0 Å². The molecule has 5 aliphatic rings. The third kappa shape index (κ3) is 4.17. The van der Waals surface area contributed by atoms with Crippen LogP contribution in [0.2, 0.25) is 0 Å². The van der Waals surface area contributed by atoms with Crippen LogP contribution in [0.15, 0.2) is 11.6 Å². The zero-order valence-electron chi connectivity index (χ0n) is 26.4. The molecule has 9 heteroatoms. The lowest BCUT2D eigenvalue weighted by Crippen LogP contribution is -2.67. The van der Waals surface area contributed by atoms with E-state index in [2.05, 4.69) is 41.5 Å². The number of nitrogens with zero attached hydrogens (tertiary/aromatic N) is 1. The standard InChI is InChI=1S/C33H48F3NO5/c1-19(38)42-24-10-11-30(6)23(27(24,2)3)9-12-32(8)25(30)22(39)17-20-21-18-29(5,26(40)37(41)33(34,35)36)14-13-28(21,4)15-16-31(20,32)7/h17,21,23-25,41H,9-16,18H2,1-8H3/t21-,23?,24-,25+,28+,29-,30-,31+,32+/m0/s1. The van der Waals surface area contributed by atoms with Gasteiger partial charge in [-0.1, -0.05) is 54.0 Å². The Bertz CT molecular complexity index is 1230. The first-order valence-electron chi connectivity index (χ1n) is 15.6. The van der Waals surface area contributed by atoms with Gasteiger partial charge >= 0.3 is 12.3 Å². The van der Waals surface area contributed by atoms with Gasteiger partial charge in [-0.2, -0.15) is 0 Å². The third-order valence-corrected chi connectivity index (χ3v) is 13.8. The SMILES string of the molecule is CC(=O)O[C@H]1CC[C@@]2(C)C(CC[C@]3(C)[C@@H]2C(=O)C=C2[C@@H]4C[C@@](C)(C(=O)N(O)C(F)(F)F)CC[C@]4(C)CC[C@]23C)C1(C)C. The van der Waals surface area contributed by atoms with Crippen LogP contribution in [-0.4, -0.2) is 40.3 Å². The molecular weight excluding hydrogens is 547 g/mol. The molecule has 1 amide bonds. The number of amides is 1. The lowest BCUT2D eigenvalue weighted by Gasteiger charge is -2.70. The van der Waals surface area contributed by atoms with Crippen LogP contribution in [0.5, 0.6) is 0 Å². The van der Waals surface area contributed by atoms with E-state index >= 15 is 0 Å². The van der Waals surface area contributed by atoms with Crippen LogP contribution in [0, 0.1) is 50.2 Å². The summed E-state index contributed by atoms with van der Waals surface area (Å²) in [4.78, 5) is 39.4. The van der Waals surface area contributed by atoms with Crippen LogP contribution < -0.4 is 0 Å². The second-order valence-corrected chi connectivity index (χ2v) is 16.3. The summed E-state index contributed by atoms with van der Waals surface area (Å²) < 4.78 is 45.8. The van der Waals surface area contributed by atoms with Gasteiger partial charge in [-0.3, -0.25) is 19.6 Å². The fourth-order valence-corrected chi connectivity index (χ4v) is 11.1. The van der Waals surface area contributed by atoms with Gasteiger partial charge in [0.15, 0.2) is 5.78 Å². The van der Waals surface area contributed by atoms with Crippen LogP contribution in [0.4, 0.5) is 13.2 Å². The van der Waals surface area contributed by atoms with E-state index in [1.807, 2.05) is 6.08 Å². The van der Waals surface area contributed by atoms with Crippen molar-refractivity contribution in [3.05, 3.63) is 11.6 Å². The predicted octanol–water partition coefficient (Wildman–Crippen LogP) is 7.64. The van der Waals surface area contributed by atoms with Gasteiger partial charge in [0.05, 0.1) is 0 Å². The molecule has 0 aromatic heterocycles. The number of alkyl halides is 3. The van der Waals surface area contributed by atoms with E-state index in [9.17, 15) is 32.8 Å². The number of hydrogen-bond acceptors (Lipinski definition) is 5. The zero-order valence-corrected chi connectivity index (χ0v) is 26.4. The Kier molecular flexibility index (Phi) is 6.98. The summed E-state index contributed by atoms with van der Waals surface area (Å²) in [7, 11) is 0. The van der Waals surface area contributed by atoms with Crippen molar-refractivity contribution in [2.45, 2.75) is 126 Å². The van der Waals surface area contributed by atoms with Crippen molar-refractivity contribution < 1.29 is 37.5 Å². The highest BCUT2D eigenvalue weighted by atomic mass is 19.4. The van der Waals surface area contributed by atoms with Crippen molar-refractivity contribution in [2.24, 2.45) is 50.2 Å². The summed E-state index contributed by atoms with van der Waals surface area (Å²) in [6.45, 7) is 16.2. The molecule has 0 bridgehead atoms. The average molecular weight is 596 g/mol. The molecule has 5 rings (SSSR count). The number of ketones is 1. The molecule has 236 valence electrons. The first kappa shape index (κ1) is 31.5. The van der Waals surface area contributed by atoms with Crippen LogP contribution in [0.1, 0.15) is 113 Å². The molecule has 0 aromatic carbocycles. The zero-order chi connectivity index (χ0) is 31.5. The fourth-order valence-electron chi connectivity index (χ4n) is 11.1. The van der Waals surface area contributed by atoms with Gasteiger partial charge in [0.25, 0.3) is 5.91 Å². The smallest absolute Gasteiger partial charge is 0.462 e. The number of hydrogen-bond donors (Lipinski definition) is 1. The highest BCUT2D eigenvalue weighted by Gasteiger charge is 2.70. The largest absolute Gasteiger partial charge is 0.510 e. The second-order valence-electron chi connectivity index (χ2n) is 16.3. The molecule has 0 spiro atoms. The number of carbonyl (C=O) groups is 3. The van der Waals surface area contributed by atoms with E-state index in [1.165, 1.54) is 13.8 Å². The highest BCUT2D eigenvalue weighted by molar-refractivity contribution is 5.95. The Balaban J connectivity index is 1.55. The van der Waals surface area contributed by atoms with Gasteiger partial charge in [0.2, 0.25) is 0 Å². The maximum absolute atomic E-state index is 14.4. The summed E-state index contributed by atoms with van der Waals surface area (Å²) in [6, 6.07) is 0. The lowest BCUT2D eigenvalue weighted by molar-refractivity contribution is -0.337. The molecule has 0 heterocycles. The average Bonchev–Trinajstić information content (AvgIpc) is 2.86. The minimum absolute atomic E-state index is 0.0841. The number of carbonyl (C=O) groups excluding carboxylic acids is 3. The molecule has 1 unspecified atom stereocenters. The number of fused-ring (bicyclic) bond motifs is 7. The van der Waals surface area contributed by atoms with Crippen molar-refractivity contribution in [3.8, 4) is 0 Å². The molecule has 4 saturated carbocycles. The maximum Gasteiger partial charge on any atom is 0.510 e. The van der Waals surface area contributed by atoms with Gasteiger partial charge < -0.3 is 4.74 Å². The Labute approximate surface area is 247 Å². The summed E-state index contributed by atoms with van der Waals surface area (Å²) in [5.41, 5.74) is -1.95. The van der Waals surface area contributed by atoms with E-state index in [0.717, 1.165) is 37.7 Å². The fraction of sp³-hybridized carbons (Fsp3) is 0.848. The van der Waals surface area contributed by atoms with Crippen molar-refractivity contribution >= 4 is 17.7 Å². The van der Waals surface area contributed by atoms with Crippen LogP contribution >= 0.6 is 0 Å². The summed E-state index contributed by atoms with van der Waals surface area (Å²) in [5.74, 6) is -1.80. The van der Waals surface area contributed by atoms with Crippen molar-refractivity contribution in [2.75, 3.05) is 0 Å². The predicted molar refractivity (Wildman–Crippen MR) is 150 cm³/mol. The molecule has 5 aliphatic carbocycles. The van der Waals surface area contributed by atoms with E-state index in [0.29, 0.717) is 12.8 Å². The van der Waals surface area contributed by atoms with Crippen LogP contribution in [0.3, 0.4) is 0 Å². The maximum atomic E-state index is 14.4. The van der Waals surface area contributed by atoms with Gasteiger partial charge in [-0.05, 0) is 97.4 Å². The minimum atomic E-state index is -5.17. The molecular formula is C33H48F3NO5. The Morgan fingerprint density at radius 3 is 2.17 bits per heavy atom. The Morgan fingerprint density at radius 1 is 0.952 bits per heavy atom. The molecule has 0 saturated heterocycles. The minimum Gasteiger partial charge on any atom is -0.462 e. The summed E-state index contributed by atoms with van der Waals surface area (Å²) >= 11 is 0. The van der Waals surface area contributed by atoms with Crippen LogP contribution in [0.25, 0.3) is 0 Å². The number of esters is 1. The molecule has 0 radical (unpaired) electrons. The van der Waals surface area contributed by atoms with Gasteiger partial charge in [-0.25, -0.2) is 0 Å². The molecule has 9 atom stereocenters. The summed E-state index contributed by atoms with van der Waals surface area (Å²) in [5, 5.41) is 8.71. The monoisotopic (exact) mass is 595 g/mol. The van der Waals surface area contributed by atoms with Crippen molar-refractivity contribution in [1.82, 2.24) is 5.06 Å². The Morgan fingerprint density at radius 2 is 1.57 bits per heavy atom. The number of ether oxygens (including phenoxy) is 1. The number of allylic oxidation sites excluding steroid dienone is 2. The van der Waals surface area contributed by atoms with Gasteiger partial charge in [0, 0.05) is 23.7 Å². The molecule has 6 nitrogen and oxygen atoms in total. The molecule has 0 aliphatic heterocycles. The first-order valence-corrected chi connectivity index (χ1v) is 15.6. The van der Waals surface area contributed by atoms with E-state index in [4.69, 9.17) is 4.74 Å². The van der Waals surface area contributed by atoms with E-state index in [-0.39, 0.29) is 75.5 Å². The van der Waals surface area contributed by atoms with E-state index in [1.54, 1.807) is 0 Å². The van der Waals surface area contributed by atoms with Gasteiger partial charge in [0.1, 0.15) is 6.10 Å². The van der Waals surface area contributed by atoms with Gasteiger partial charge in [-0.15, -0.1) is 18.2 Å². The first-order chi connectivity index (χ1) is 19.1. The molecule has 42 heavy (non-hydrogen) atoms. The van der Waals surface area contributed by atoms with Crippen LogP contribution in [-0.2, 0) is 19.1 Å². The quantitative estimate of drug-likeness (QED) is 0.154. The topological polar surface area (TPSA) is 83.9 Å². The number of rotatable bonds is 2. The normalized spacial score (nSPS) is 46.3. The van der Waals surface area contributed by atoms with E-state index < -0.39 is 22.7 Å². The third-order valence-electron chi connectivity index (χ3n) is 13.8. The number of hydroxylamine groups is 2. The van der Waals surface area contributed by atoms with Crippen molar-refractivity contribution in [3.63, 3.8) is 0 Å². The number of halogens is 3. The second kappa shape index (κ2) is 9.31.